The van der Waals surface area contributed by atoms with Gasteiger partial charge in [-0.15, -0.1) is 5.10 Å². The molecule has 1 aromatic heterocycles. The summed E-state index contributed by atoms with van der Waals surface area (Å²) in [6.07, 6.45) is 2.30. The molecule has 0 aromatic carbocycles. The minimum Gasteiger partial charge on any atom is -0.393 e. The third kappa shape index (κ3) is 3.75. The summed E-state index contributed by atoms with van der Waals surface area (Å²) in [4.78, 5) is 25.7. The monoisotopic (exact) mass is 267 g/mol. The van der Waals surface area contributed by atoms with Crippen LogP contribution in [0.2, 0.25) is 0 Å². The SMILES string of the molecule is CC(=O)Nc1cnn(CC(=O)N2CCC(O)CC2)n1. The maximum absolute atomic E-state index is 12.0. The van der Waals surface area contributed by atoms with Crippen molar-refractivity contribution < 1.29 is 14.7 Å². The van der Waals surface area contributed by atoms with E-state index < -0.39 is 0 Å². The number of hydrogen-bond acceptors (Lipinski definition) is 5. The Balaban J connectivity index is 1.88. The molecule has 0 spiro atoms. The number of likely N-dealkylation sites (tertiary alicyclic amines) is 1. The van der Waals surface area contributed by atoms with Crippen molar-refractivity contribution in [1.29, 1.82) is 0 Å². The van der Waals surface area contributed by atoms with Gasteiger partial charge in [-0.2, -0.15) is 9.90 Å². The minimum absolute atomic E-state index is 0.0374. The van der Waals surface area contributed by atoms with Crippen molar-refractivity contribution in [3.05, 3.63) is 6.20 Å². The van der Waals surface area contributed by atoms with Gasteiger partial charge in [0.1, 0.15) is 6.54 Å². The second-order valence-corrected chi connectivity index (χ2v) is 4.55. The molecule has 0 saturated carbocycles. The van der Waals surface area contributed by atoms with Gasteiger partial charge < -0.3 is 15.3 Å². The zero-order valence-electron chi connectivity index (χ0n) is 10.7. The molecule has 0 atom stereocenters. The number of aliphatic hydroxyl groups excluding tert-OH is 1. The number of aromatic nitrogens is 3. The number of rotatable bonds is 3. The highest BCUT2D eigenvalue weighted by molar-refractivity contribution is 5.87. The van der Waals surface area contributed by atoms with Crippen LogP contribution in [0.25, 0.3) is 0 Å². The van der Waals surface area contributed by atoms with E-state index in [1.54, 1.807) is 4.90 Å². The second kappa shape index (κ2) is 5.79. The Morgan fingerprint density at radius 3 is 2.79 bits per heavy atom. The van der Waals surface area contributed by atoms with E-state index >= 15 is 0 Å². The van der Waals surface area contributed by atoms with Crippen LogP contribution in [0.4, 0.5) is 5.82 Å². The minimum atomic E-state index is -0.307. The van der Waals surface area contributed by atoms with Crippen LogP contribution in [0.5, 0.6) is 0 Å². The fourth-order valence-electron chi connectivity index (χ4n) is 1.95. The molecule has 1 saturated heterocycles. The van der Waals surface area contributed by atoms with Crippen molar-refractivity contribution in [2.24, 2.45) is 0 Å². The number of carbonyl (C=O) groups excluding carboxylic acids is 2. The van der Waals surface area contributed by atoms with Gasteiger partial charge in [-0.3, -0.25) is 9.59 Å². The molecule has 2 heterocycles. The Hall–Kier alpha value is -1.96. The van der Waals surface area contributed by atoms with Crippen LogP contribution in [0.15, 0.2) is 6.20 Å². The average molecular weight is 267 g/mol. The predicted octanol–water partition coefficient (Wildman–Crippen LogP) is -0.780. The molecule has 1 fully saturated rings. The van der Waals surface area contributed by atoms with Gasteiger partial charge in [0.05, 0.1) is 12.3 Å². The first-order valence-electron chi connectivity index (χ1n) is 6.18. The molecule has 104 valence electrons. The predicted molar refractivity (Wildman–Crippen MR) is 66.1 cm³/mol. The van der Waals surface area contributed by atoms with E-state index in [1.165, 1.54) is 17.9 Å². The Morgan fingerprint density at radius 2 is 2.16 bits per heavy atom. The van der Waals surface area contributed by atoms with Crippen molar-refractivity contribution in [2.75, 3.05) is 18.4 Å². The lowest BCUT2D eigenvalue weighted by atomic mass is 10.1. The number of hydrogen-bond donors (Lipinski definition) is 2. The molecule has 2 N–H and O–H groups in total. The summed E-state index contributed by atoms with van der Waals surface area (Å²) in [5, 5.41) is 19.8. The summed E-state index contributed by atoms with van der Waals surface area (Å²) in [6.45, 7) is 2.53. The number of amides is 2. The van der Waals surface area contributed by atoms with Crippen molar-refractivity contribution in [3.63, 3.8) is 0 Å². The number of aliphatic hydroxyl groups is 1. The Labute approximate surface area is 110 Å². The van der Waals surface area contributed by atoms with Crippen LogP contribution in [0.3, 0.4) is 0 Å². The number of nitrogens with zero attached hydrogens (tertiary/aromatic N) is 4. The van der Waals surface area contributed by atoms with Gasteiger partial charge in [-0.25, -0.2) is 0 Å². The molecule has 0 radical (unpaired) electrons. The fraction of sp³-hybridized carbons (Fsp3) is 0.636. The Morgan fingerprint density at radius 1 is 1.47 bits per heavy atom. The molecule has 2 amide bonds. The van der Waals surface area contributed by atoms with E-state index in [2.05, 4.69) is 15.5 Å². The molecule has 1 aromatic rings. The van der Waals surface area contributed by atoms with E-state index in [-0.39, 0.29) is 24.5 Å². The van der Waals surface area contributed by atoms with Gasteiger partial charge in [0, 0.05) is 20.0 Å². The highest BCUT2D eigenvalue weighted by Gasteiger charge is 2.21. The molecule has 8 heteroatoms. The standard InChI is InChI=1S/C11H17N5O3/c1-8(17)13-10-6-12-16(14-10)7-11(19)15-4-2-9(18)3-5-15/h6,9,18H,2-5,7H2,1H3,(H,13,14,17). The lowest BCUT2D eigenvalue weighted by Gasteiger charge is -2.29. The first kappa shape index (κ1) is 13.5. The summed E-state index contributed by atoms with van der Waals surface area (Å²) < 4.78 is 0. The summed E-state index contributed by atoms with van der Waals surface area (Å²) >= 11 is 0. The molecule has 1 aliphatic rings. The third-order valence-electron chi connectivity index (χ3n) is 2.93. The average Bonchev–Trinajstić information content (AvgIpc) is 2.76. The van der Waals surface area contributed by atoms with Crippen molar-refractivity contribution in [2.45, 2.75) is 32.4 Å². The summed E-state index contributed by atoms with van der Waals surface area (Å²) in [5.41, 5.74) is 0. The van der Waals surface area contributed by atoms with Crippen LogP contribution in [-0.4, -0.2) is 56.0 Å². The normalized spacial score (nSPS) is 16.4. The maximum atomic E-state index is 12.0. The molecule has 1 aliphatic heterocycles. The number of nitrogens with one attached hydrogen (secondary N) is 1. The van der Waals surface area contributed by atoms with E-state index in [9.17, 15) is 14.7 Å². The summed E-state index contributed by atoms with van der Waals surface area (Å²) in [7, 11) is 0. The van der Waals surface area contributed by atoms with Gasteiger partial charge in [0.2, 0.25) is 11.8 Å². The van der Waals surface area contributed by atoms with Crippen LogP contribution in [0, 0.1) is 0 Å². The highest BCUT2D eigenvalue weighted by atomic mass is 16.3. The quantitative estimate of drug-likeness (QED) is 0.748. The Bertz CT molecular complexity index is 465. The molecule has 0 aliphatic carbocycles. The highest BCUT2D eigenvalue weighted by Crippen LogP contribution is 2.10. The molecule has 0 unspecified atom stereocenters. The number of piperidine rings is 1. The van der Waals surface area contributed by atoms with Crippen molar-refractivity contribution in [3.8, 4) is 0 Å². The van der Waals surface area contributed by atoms with Gasteiger partial charge in [0.25, 0.3) is 0 Å². The topological polar surface area (TPSA) is 100 Å². The number of anilines is 1. The zero-order chi connectivity index (χ0) is 13.8. The molecule has 2 rings (SSSR count). The fourth-order valence-corrected chi connectivity index (χ4v) is 1.95. The van der Waals surface area contributed by atoms with Crippen molar-refractivity contribution >= 4 is 17.6 Å². The lowest BCUT2D eigenvalue weighted by Crippen LogP contribution is -2.41. The Kier molecular flexibility index (Phi) is 4.10. The largest absolute Gasteiger partial charge is 0.393 e. The smallest absolute Gasteiger partial charge is 0.246 e. The van der Waals surface area contributed by atoms with Crippen molar-refractivity contribution in [1.82, 2.24) is 19.9 Å². The van der Waals surface area contributed by atoms with E-state index in [0.29, 0.717) is 31.7 Å². The van der Waals surface area contributed by atoms with E-state index in [4.69, 9.17) is 0 Å². The third-order valence-corrected chi connectivity index (χ3v) is 2.93. The van der Waals surface area contributed by atoms with Crippen LogP contribution in [0.1, 0.15) is 19.8 Å². The van der Waals surface area contributed by atoms with E-state index in [1.807, 2.05) is 0 Å². The van der Waals surface area contributed by atoms with Crippen LogP contribution < -0.4 is 5.32 Å². The molecule has 0 bridgehead atoms. The van der Waals surface area contributed by atoms with Gasteiger partial charge in [0.15, 0.2) is 5.82 Å². The molecule has 8 nitrogen and oxygen atoms in total. The maximum Gasteiger partial charge on any atom is 0.246 e. The van der Waals surface area contributed by atoms with Crippen LogP contribution in [-0.2, 0) is 16.1 Å². The molecular formula is C11H17N5O3. The molecule has 19 heavy (non-hydrogen) atoms. The van der Waals surface area contributed by atoms with Gasteiger partial charge in [-0.1, -0.05) is 0 Å². The van der Waals surface area contributed by atoms with Gasteiger partial charge in [-0.05, 0) is 12.8 Å². The van der Waals surface area contributed by atoms with Gasteiger partial charge >= 0.3 is 0 Å². The van der Waals surface area contributed by atoms with E-state index in [0.717, 1.165) is 0 Å². The summed E-state index contributed by atoms with van der Waals surface area (Å²) in [6, 6.07) is 0. The second-order valence-electron chi connectivity index (χ2n) is 4.55. The summed E-state index contributed by atoms with van der Waals surface area (Å²) in [5.74, 6) is 0.00892. The lowest BCUT2D eigenvalue weighted by molar-refractivity contribution is -0.134. The first-order chi connectivity index (χ1) is 9.04. The van der Waals surface area contributed by atoms with Crippen LogP contribution >= 0.6 is 0 Å². The first-order valence-corrected chi connectivity index (χ1v) is 6.18. The number of carbonyl (C=O) groups is 2. The molecular weight excluding hydrogens is 250 g/mol. The zero-order valence-corrected chi connectivity index (χ0v) is 10.7.